The molecule has 0 radical (unpaired) electrons. The molecule has 1 aromatic heterocycles. The summed E-state index contributed by atoms with van der Waals surface area (Å²) < 4.78 is 5.82. The maximum absolute atomic E-state index is 11.8. The van der Waals surface area contributed by atoms with Crippen LogP contribution in [-0.4, -0.2) is 39.0 Å². The van der Waals surface area contributed by atoms with E-state index in [4.69, 9.17) is 16.0 Å². The minimum Gasteiger partial charge on any atom is -0.455 e. The molecule has 1 aromatic carbocycles. The van der Waals surface area contributed by atoms with Gasteiger partial charge in [0.2, 0.25) is 5.91 Å². The molecule has 128 valence electrons. The molecule has 0 aliphatic carbocycles. The topological polar surface area (TPSA) is 75.8 Å². The number of hydrogen-bond donors (Lipinski definition) is 3. The van der Waals surface area contributed by atoms with E-state index in [0.717, 1.165) is 22.0 Å². The number of carbonyl (C=O) groups excluding carboxylic acids is 2. The fourth-order valence-corrected chi connectivity index (χ4v) is 2.33. The van der Waals surface area contributed by atoms with Gasteiger partial charge in [0, 0.05) is 17.6 Å². The van der Waals surface area contributed by atoms with Crippen molar-refractivity contribution in [2.24, 2.45) is 0 Å². The van der Waals surface area contributed by atoms with Gasteiger partial charge in [0.15, 0.2) is 12.3 Å². The van der Waals surface area contributed by atoms with Gasteiger partial charge in [0.05, 0.1) is 13.6 Å². The maximum atomic E-state index is 11.8. The Balaban J connectivity index is 1.86. The number of rotatable bonds is 7. The van der Waals surface area contributed by atoms with Crippen LogP contribution in [0, 0.1) is 0 Å². The van der Waals surface area contributed by atoms with Gasteiger partial charge >= 0.3 is 0 Å². The average Bonchev–Trinajstić information content (AvgIpc) is 3.01. The number of hydrogen-bond acceptors (Lipinski definition) is 3. The van der Waals surface area contributed by atoms with Crippen molar-refractivity contribution in [1.82, 2.24) is 10.6 Å². The Hall–Kier alpha value is -2.31. The van der Waals surface area contributed by atoms with Crippen LogP contribution in [0.4, 0.5) is 0 Å². The van der Waals surface area contributed by atoms with E-state index < -0.39 is 0 Å². The van der Waals surface area contributed by atoms with Gasteiger partial charge in [-0.3, -0.25) is 9.59 Å². The molecule has 1 unspecified atom stereocenters. The summed E-state index contributed by atoms with van der Waals surface area (Å²) >= 11 is 5.88. The lowest BCUT2D eigenvalue weighted by Gasteiger charge is -2.12. The number of quaternary nitrogens is 1. The van der Waals surface area contributed by atoms with Crippen molar-refractivity contribution in [3.63, 3.8) is 0 Å². The Kier molecular flexibility index (Phi) is 6.40. The van der Waals surface area contributed by atoms with Crippen LogP contribution in [0.5, 0.6) is 0 Å². The second-order valence-electron chi connectivity index (χ2n) is 5.53. The Morgan fingerprint density at radius 2 is 1.83 bits per heavy atom. The lowest BCUT2D eigenvalue weighted by molar-refractivity contribution is -0.886. The van der Waals surface area contributed by atoms with Crippen LogP contribution >= 0.6 is 11.6 Å². The van der Waals surface area contributed by atoms with Crippen LogP contribution in [0.1, 0.15) is 5.76 Å². The highest BCUT2D eigenvalue weighted by Gasteiger charge is 2.14. The Labute approximate surface area is 145 Å². The minimum atomic E-state index is -0.223. The first-order chi connectivity index (χ1) is 11.5. The number of likely N-dealkylation sites (N-methyl/N-ethyl adjacent to an activating group) is 2. The minimum absolute atomic E-state index is 0.00984. The van der Waals surface area contributed by atoms with E-state index in [1.165, 1.54) is 7.05 Å². The highest BCUT2D eigenvalue weighted by molar-refractivity contribution is 6.30. The molecule has 2 aromatic rings. The number of nitrogens with one attached hydrogen (secondary N) is 3. The van der Waals surface area contributed by atoms with E-state index in [0.29, 0.717) is 11.6 Å². The van der Waals surface area contributed by atoms with E-state index in [1.807, 2.05) is 43.4 Å². The van der Waals surface area contributed by atoms with Gasteiger partial charge < -0.3 is 20.0 Å². The van der Waals surface area contributed by atoms with Crippen LogP contribution in [0.3, 0.4) is 0 Å². The standard InChI is InChI=1S/C17H20ClN3O3/c1-19-16(22)9-20-17(23)11-21(2)10-14-7-8-15(24-14)12-3-5-13(18)6-4-12/h3-8H,9-11H2,1-2H3,(H,19,22)(H,20,23)/p+1. The predicted molar refractivity (Wildman–Crippen MR) is 91.7 cm³/mol. The smallest absolute Gasteiger partial charge is 0.275 e. The molecule has 7 heteroatoms. The third-order valence-electron chi connectivity index (χ3n) is 3.45. The molecule has 1 heterocycles. The monoisotopic (exact) mass is 350 g/mol. The van der Waals surface area contributed by atoms with Gasteiger partial charge in [-0.05, 0) is 36.4 Å². The van der Waals surface area contributed by atoms with Crippen molar-refractivity contribution < 1.29 is 18.9 Å². The molecule has 6 nitrogen and oxygen atoms in total. The molecule has 1 atom stereocenters. The van der Waals surface area contributed by atoms with E-state index in [1.54, 1.807) is 0 Å². The van der Waals surface area contributed by atoms with Crippen LogP contribution in [0.2, 0.25) is 5.02 Å². The zero-order chi connectivity index (χ0) is 17.5. The second-order valence-corrected chi connectivity index (χ2v) is 5.97. The Bertz CT molecular complexity index is 697. The normalized spacial score (nSPS) is 11.8. The van der Waals surface area contributed by atoms with Crippen molar-refractivity contribution in [1.29, 1.82) is 0 Å². The summed E-state index contributed by atoms with van der Waals surface area (Å²) in [7, 11) is 3.42. The molecule has 2 rings (SSSR count). The van der Waals surface area contributed by atoms with Crippen LogP contribution in [0.25, 0.3) is 11.3 Å². The number of carbonyl (C=O) groups is 2. The number of amides is 2. The summed E-state index contributed by atoms with van der Waals surface area (Å²) in [6.45, 7) is 0.818. The molecule has 0 saturated heterocycles. The average molecular weight is 351 g/mol. The van der Waals surface area contributed by atoms with Gasteiger partial charge in [-0.25, -0.2) is 0 Å². The van der Waals surface area contributed by atoms with Crippen molar-refractivity contribution >= 4 is 23.4 Å². The van der Waals surface area contributed by atoms with Gasteiger partial charge in [0.1, 0.15) is 12.3 Å². The lowest BCUT2D eigenvalue weighted by atomic mass is 10.2. The number of benzene rings is 1. The fourth-order valence-electron chi connectivity index (χ4n) is 2.21. The Morgan fingerprint density at radius 3 is 2.50 bits per heavy atom. The quantitative estimate of drug-likeness (QED) is 0.679. The van der Waals surface area contributed by atoms with Gasteiger partial charge in [-0.1, -0.05) is 11.6 Å². The highest BCUT2D eigenvalue weighted by atomic mass is 35.5. The zero-order valence-electron chi connectivity index (χ0n) is 13.7. The first-order valence-corrected chi connectivity index (χ1v) is 7.99. The molecule has 0 fully saturated rings. The molecule has 0 spiro atoms. The van der Waals surface area contributed by atoms with Gasteiger partial charge in [-0.15, -0.1) is 0 Å². The fraction of sp³-hybridized carbons (Fsp3) is 0.294. The first-order valence-electron chi connectivity index (χ1n) is 7.61. The summed E-state index contributed by atoms with van der Waals surface area (Å²) in [5, 5.41) is 5.70. The molecule has 0 aliphatic heterocycles. The predicted octanol–water partition coefficient (Wildman–Crippen LogP) is 0.477. The molecule has 24 heavy (non-hydrogen) atoms. The lowest BCUT2D eigenvalue weighted by Crippen LogP contribution is -3.08. The van der Waals surface area contributed by atoms with E-state index in [-0.39, 0.29) is 24.9 Å². The number of halogens is 1. The van der Waals surface area contributed by atoms with Gasteiger partial charge in [-0.2, -0.15) is 0 Å². The summed E-state index contributed by atoms with van der Waals surface area (Å²) in [4.78, 5) is 23.8. The van der Waals surface area contributed by atoms with Crippen molar-refractivity contribution in [2.45, 2.75) is 6.54 Å². The molecule has 3 N–H and O–H groups in total. The summed E-state index contributed by atoms with van der Waals surface area (Å²) in [5.74, 6) is 1.15. The summed E-state index contributed by atoms with van der Waals surface area (Å²) in [6.07, 6.45) is 0. The SMILES string of the molecule is CNC(=O)CNC(=O)C[NH+](C)Cc1ccc(-c2ccc(Cl)cc2)o1. The van der Waals surface area contributed by atoms with E-state index >= 15 is 0 Å². The molecule has 0 aliphatic rings. The number of furan rings is 1. The van der Waals surface area contributed by atoms with Crippen LogP contribution < -0.4 is 15.5 Å². The third-order valence-corrected chi connectivity index (χ3v) is 3.71. The molecule has 2 amide bonds. The zero-order valence-corrected chi connectivity index (χ0v) is 14.4. The van der Waals surface area contributed by atoms with Crippen molar-refractivity contribution in [2.75, 3.05) is 27.2 Å². The largest absolute Gasteiger partial charge is 0.455 e. The van der Waals surface area contributed by atoms with Gasteiger partial charge in [0.25, 0.3) is 5.91 Å². The Morgan fingerprint density at radius 1 is 1.12 bits per heavy atom. The molecular formula is C17H21ClN3O3+. The van der Waals surface area contributed by atoms with E-state index in [2.05, 4.69) is 10.6 Å². The maximum Gasteiger partial charge on any atom is 0.275 e. The van der Waals surface area contributed by atoms with E-state index in [9.17, 15) is 9.59 Å². The van der Waals surface area contributed by atoms with Crippen LogP contribution in [-0.2, 0) is 16.1 Å². The van der Waals surface area contributed by atoms with Crippen molar-refractivity contribution in [3.8, 4) is 11.3 Å². The highest BCUT2D eigenvalue weighted by Crippen LogP contribution is 2.23. The van der Waals surface area contributed by atoms with Crippen LogP contribution in [0.15, 0.2) is 40.8 Å². The third kappa shape index (κ3) is 5.40. The molecular weight excluding hydrogens is 330 g/mol. The first kappa shape index (κ1) is 18.0. The summed E-state index contributed by atoms with van der Waals surface area (Å²) in [5.41, 5.74) is 0.951. The summed E-state index contributed by atoms with van der Waals surface area (Å²) in [6, 6.07) is 11.2. The second kappa shape index (κ2) is 8.52. The molecule has 0 saturated carbocycles. The van der Waals surface area contributed by atoms with Crippen molar-refractivity contribution in [3.05, 3.63) is 47.2 Å². The molecule has 0 bridgehead atoms.